The molecule has 1 aliphatic rings. The van der Waals surface area contributed by atoms with Gasteiger partial charge in [-0.3, -0.25) is 9.69 Å². The zero-order chi connectivity index (χ0) is 25.3. The fourth-order valence-electron chi connectivity index (χ4n) is 4.05. The lowest BCUT2D eigenvalue weighted by Gasteiger charge is -2.38. The number of nitrogens with zero attached hydrogens (tertiary/aromatic N) is 7. The summed E-state index contributed by atoms with van der Waals surface area (Å²) in [6.45, 7) is 2.73. The van der Waals surface area contributed by atoms with E-state index in [1.54, 1.807) is 35.0 Å². The molecule has 35 heavy (non-hydrogen) atoms. The Morgan fingerprint density at radius 3 is 2.57 bits per heavy atom. The number of anilines is 3. The number of hydrogen-bond acceptors (Lipinski definition) is 10. The minimum atomic E-state index is -2.44. The van der Waals surface area contributed by atoms with E-state index in [1.807, 2.05) is 6.07 Å². The third-order valence-electron chi connectivity index (χ3n) is 5.68. The zero-order valence-electron chi connectivity index (χ0n) is 18.7. The van der Waals surface area contributed by atoms with Crippen molar-refractivity contribution in [3.8, 4) is 6.07 Å². The van der Waals surface area contributed by atoms with Crippen LogP contribution >= 0.6 is 11.6 Å². The molecular weight excluding hydrogens is 482 g/mol. The zero-order valence-corrected chi connectivity index (χ0v) is 19.5. The lowest BCUT2D eigenvalue weighted by Crippen LogP contribution is -2.56. The lowest BCUT2D eigenvalue weighted by atomic mass is 10.2. The highest BCUT2D eigenvalue weighted by Crippen LogP contribution is 2.25. The van der Waals surface area contributed by atoms with Crippen LogP contribution in [0.15, 0.2) is 23.0 Å². The van der Waals surface area contributed by atoms with Crippen molar-refractivity contribution in [1.82, 2.24) is 24.5 Å². The molecule has 0 amide bonds. The van der Waals surface area contributed by atoms with E-state index in [0.717, 1.165) is 0 Å². The van der Waals surface area contributed by atoms with Crippen LogP contribution in [0.3, 0.4) is 0 Å². The molecule has 0 bridgehead atoms. The largest absolute Gasteiger partial charge is 0.382 e. The second kappa shape index (κ2) is 9.85. The Morgan fingerprint density at radius 2 is 1.91 bits per heavy atom. The van der Waals surface area contributed by atoms with Gasteiger partial charge in [0.1, 0.15) is 17.5 Å². The Balaban J connectivity index is 1.78. The van der Waals surface area contributed by atoms with Crippen molar-refractivity contribution in [3.05, 3.63) is 45.0 Å². The number of rotatable bonds is 6. The number of benzene rings is 1. The summed E-state index contributed by atoms with van der Waals surface area (Å²) >= 11 is 6.33. The Bertz CT molecular complexity index is 1350. The van der Waals surface area contributed by atoms with Crippen LogP contribution in [0.5, 0.6) is 0 Å². The predicted molar refractivity (Wildman–Crippen MR) is 129 cm³/mol. The summed E-state index contributed by atoms with van der Waals surface area (Å²) < 4.78 is 27.1. The number of nitrogens with two attached hydrogens (primary N) is 2. The predicted octanol–water partition coefficient (Wildman–Crippen LogP) is 1.57. The number of fused-ring (bicyclic) bond motifs is 1. The van der Waals surface area contributed by atoms with Gasteiger partial charge in [-0.2, -0.15) is 15.2 Å². The van der Waals surface area contributed by atoms with Crippen LogP contribution in [0, 0.1) is 11.3 Å². The van der Waals surface area contributed by atoms with Crippen LogP contribution in [0.4, 0.5) is 26.4 Å². The minimum Gasteiger partial charge on any atom is -0.382 e. The maximum Gasteiger partial charge on any atom is 0.281 e. The van der Waals surface area contributed by atoms with Crippen molar-refractivity contribution in [2.75, 3.05) is 54.5 Å². The standard InChI is InChI=1S/C21H23ClF2N10O/c1-11(28-18-12(9-25)17(26)30-21(27)31-18)19-29-14-4-2-3-13(22)16(14)20(35)34(19)33-7-5-32(6-8-33)10-15(23)24/h2-4,11,15H,5-8,10H2,1H3,(H5,26,27,28,30,31)/t11-/m0/s1. The summed E-state index contributed by atoms with van der Waals surface area (Å²) in [5.74, 6) is 0.202. The van der Waals surface area contributed by atoms with Crippen LogP contribution in [0.1, 0.15) is 24.4 Å². The van der Waals surface area contributed by atoms with Crippen molar-refractivity contribution < 1.29 is 8.78 Å². The first-order valence-corrected chi connectivity index (χ1v) is 11.1. The van der Waals surface area contributed by atoms with Crippen molar-refractivity contribution in [2.24, 2.45) is 0 Å². The number of hydrogen-bond donors (Lipinski definition) is 3. The third kappa shape index (κ3) is 4.89. The number of nitrogen functional groups attached to an aromatic ring is 2. The van der Waals surface area contributed by atoms with Crippen molar-refractivity contribution >= 4 is 40.1 Å². The molecule has 1 saturated heterocycles. The second-order valence-corrected chi connectivity index (χ2v) is 8.44. The summed E-state index contributed by atoms with van der Waals surface area (Å²) in [6.07, 6.45) is -2.44. The number of aromatic nitrogens is 4. The van der Waals surface area contributed by atoms with Crippen molar-refractivity contribution in [3.63, 3.8) is 0 Å². The molecule has 3 aromatic rings. The Kier molecular flexibility index (Phi) is 6.86. The number of alkyl halides is 2. The Labute approximate surface area is 203 Å². The summed E-state index contributed by atoms with van der Waals surface area (Å²) in [5.41, 5.74) is 11.5. The van der Waals surface area contributed by atoms with Gasteiger partial charge in [-0.25, -0.2) is 18.4 Å². The number of nitrogens with one attached hydrogen (secondary N) is 1. The molecule has 14 heteroatoms. The van der Waals surface area contributed by atoms with E-state index < -0.39 is 18.0 Å². The third-order valence-corrected chi connectivity index (χ3v) is 6.00. The number of piperazine rings is 1. The topological polar surface area (TPSA) is 155 Å². The quantitative estimate of drug-likeness (QED) is 0.450. The Hall–Kier alpha value is -3.76. The van der Waals surface area contributed by atoms with Crippen LogP contribution in [-0.4, -0.2) is 63.7 Å². The molecule has 1 aliphatic heterocycles. The Morgan fingerprint density at radius 1 is 1.20 bits per heavy atom. The number of nitriles is 1. The van der Waals surface area contributed by atoms with Gasteiger partial charge in [0.2, 0.25) is 5.95 Å². The maximum atomic E-state index is 13.6. The smallest absolute Gasteiger partial charge is 0.281 e. The van der Waals surface area contributed by atoms with Gasteiger partial charge >= 0.3 is 0 Å². The number of halogens is 3. The summed E-state index contributed by atoms with van der Waals surface area (Å²) in [7, 11) is 0. The molecule has 0 aliphatic carbocycles. The molecule has 1 aromatic carbocycles. The van der Waals surface area contributed by atoms with Crippen molar-refractivity contribution in [2.45, 2.75) is 19.4 Å². The summed E-state index contributed by atoms with van der Waals surface area (Å²) in [6, 6.07) is 6.26. The van der Waals surface area contributed by atoms with E-state index in [-0.39, 0.29) is 40.1 Å². The van der Waals surface area contributed by atoms with E-state index in [9.17, 15) is 18.8 Å². The molecule has 0 saturated carbocycles. The van der Waals surface area contributed by atoms with Gasteiger partial charge in [-0.15, -0.1) is 0 Å². The molecule has 184 valence electrons. The van der Waals surface area contributed by atoms with Crippen LogP contribution in [0.2, 0.25) is 5.02 Å². The monoisotopic (exact) mass is 504 g/mol. The molecule has 0 spiro atoms. The summed E-state index contributed by atoms with van der Waals surface area (Å²) in [4.78, 5) is 27.8. The highest BCUT2D eigenvalue weighted by atomic mass is 35.5. The first kappa shape index (κ1) is 24.4. The van der Waals surface area contributed by atoms with E-state index in [4.69, 9.17) is 23.1 Å². The molecule has 3 heterocycles. The van der Waals surface area contributed by atoms with Crippen LogP contribution < -0.4 is 27.4 Å². The van der Waals surface area contributed by atoms with Gasteiger partial charge in [-0.1, -0.05) is 17.7 Å². The molecule has 2 aromatic heterocycles. The fraction of sp³-hybridized carbons (Fsp3) is 0.381. The molecule has 4 rings (SSSR count). The van der Waals surface area contributed by atoms with Gasteiger partial charge in [0.05, 0.1) is 28.5 Å². The highest BCUT2D eigenvalue weighted by Gasteiger charge is 2.27. The maximum absolute atomic E-state index is 13.6. The van der Waals surface area contributed by atoms with Crippen LogP contribution in [-0.2, 0) is 0 Å². The molecule has 1 atom stereocenters. The van der Waals surface area contributed by atoms with E-state index in [0.29, 0.717) is 37.5 Å². The lowest BCUT2D eigenvalue weighted by molar-refractivity contribution is 0.0824. The summed E-state index contributed by atoms with van der Waals surface area (Å²) in [5, 5.41) is 14.8. The molecule has 1 fully saturated rings. The van der Waals surface area contributed by atoms with Gasteiger partial charge in [-0.05, 0) is 19.1 Å². The first-order valence-electron chi connectivity index (χ1n) is 10.8. The first-order chi connectivity index (χ1) is 16.7. The molecule has 11 nitrogen and oxygen atoms in total. The molecular formula is C21H23ClF2N10O. The van der Waals surface area contributed by atoms with Gasteiger partial charge in [0.15, 0.2) is 11.6 Å². The van der Waals surface area contributed by atoms with E-state index in [2.05, 4.69) is 20.3 Å². The van der Waals surface area contributed by atoms with E-state index in [1.165, 1.54) is 4.68 Å². The molecule has 0 radical (unpaired) electrons. The molecule has 0 unspecified atom stereocenters. The average Bonchev–Trinajstić information content (AvgIpc) is 2.79. The minimum absolute atomic E-state index is 0.00407. The normalized spacial score (nSPS) is 15.4. The highest BCUT2D eigenvalue weighted by molar-refractivity contribution is 6.35. The van der Waals surface area contributed by atoms with E-state index >= 15 is 0 Å². The average molecular weight is 505 g/mol. The molecule has 5 N–H and O–H groups in total. The SMILES string of the molecule is C[C@H](Nc1nc(N)nc(N)c1C#N)c1nc2cccc(Cl)c2c(=O)n1N1CCN(CC(F)F)CC1. The fourth-order valence-corrected chi connectivity index (χ4v) is 4.30. The van der Waals surface area contributed by atoms with Crippen molar-refractivity contribution in [1.29, 1.82) is 5.26 Å². The van der Waals surface area contributed by atoms with Crippen LogP contribution in [0.25, 0.3) is 10.9 Å². The van der Waals surface area contributed by atoms with Gasteiger partial charge < -0.3 is 21.8 Å². The second-order valence-electron chi connectivity index (χ2n) is 8.03. The van der Waals surface area contributed by atoms with Gasteiger partial charge in [0, 0.05) is 26.2 Å². The van der Waals surface area contributed by atoms with Gasteiger partial charge in [0.25, 0.3) is 12.0 Å².